The molecule has 0 aliphatic carbocycles. The molecule has 1 saturated heterocycles. The van der Waals surface area contributed by atoms with E-state index >= 15 is 0 Å². The zero-order valence-electron chi connectivity index (χ0n) is 15.0. The number of nitrogens with one attached hydrogen (secondary N) is 2. The van der Waals surface area contributed by atoms with E-state index in [9.17, 15) is 4.79 Å². The highest BCUT2D eigenvalue weighted by Gasteiger charge is 2.20. The largest absolute Gasteiger partial charge is 0.492 e. The Hall–Kier alpha value is -2.05. The number of hydrogen-bond donors (Lipinski definition) is 2. The summed E-state index contributed by atoms with van der Waals surface area (Å²) in [5, 5.41) is 7.91. The van der Waals surface area contributed by atoms with Gasteiger partial charge in [0.25, 0.3) is 0 Å². The van der Waals surface area contributed by atoms with Crippen LogP contribution in [0.25, 0.3) is 0 Å². The second-order valence-corrected chi connectivity index (χ2v) is 7.45. The van der Waals surface area contributed by atoms with E-state index in [0.29, 0.717) is 25.6 Å². The molecule has 1 aromatic carbocycles. The van der Waals surface area contributed by atoms with Crippen molar-refractivity contribution in [1.82, 2.24) is 15.5 Å². The maximum absolute atomic E-state index is 11.8. The van der Waals surface area contributed by atoms with Crippen molar-refractivity contribution in [1.29, 1.82) is 0 Å². The van der Waals surface area contributed by atoms with Crippen LogP contribution in [0, 0.1) is 0 Å². The second-order valence-electron chi connectivity index (χ2n) is 6.48. The minimum absolute atomic E-state index is 0.130. The minimum atomic E-state index is -0.130. The summed E-state index contributed by atoms with van der Waals surface area (Å²) in [6, 6.07) is 13.9. The lowest BCUT2D eigenvalue weighted by molar-refractivity contribution is 0.209. The third-order valence-electron chi connectivity index (χ3n) is 4.65. The van der Waals surface area contributed by atoms with Crippen molar-refractivity contribution in [3.8, 4) is 5.75 Å². The fourth-order valence-electron chi connectivity index (χ4n) is 3.20. The number of benzene rings is 1. The van der Waals surface area contributed by atoms with Gasteiger partial charge in [-0.05, 0) is 55.4 Å². The molecule has 0 spiro atoms. The van der Waals surface area contributed by atoms with Gasteiger partial charge in [-0.25, -0.2) is 4.79 Å². The predicted molar refractivity (Wildman–Crippen MR) is 106 cm³/mol. The fourth-order valence-corrected chi connectivity index (χ4v) is 4.10. The maximum Gasteiger partial charge on any atom is 0.314 e. The van der Waals surface area contributed by atoms with Crippen LogP contribution in [0.5, 0.6) is 5.75 Å². The highest BCUT2D eigenvalue weighted by atomic mass is 32.1. The average Bonchev–Trinajstić information content (AvgIpc) is 3.21. The van der Waals surface area contributed by atoms with Crippen molar-refractivity contribution in [2.24, 2.45) is 0 Å². The Morgan fingerprint density at radius 2 is 1.85 bits per heavy atom. The molecular formula is C20H27N3O2S. The van der Waals surface area contributed by atoms with Gasteiger partial charge in [0, 0.05) is 18.0 Å². The Kier molecular flexibility index (Phi) is 7.34. The van der Waals surface area contributed by atoms with E-state index in [-0.39, 0.29) is 6.03 Å². The number of likely N-dealkylation sites (tertiary alicyclic amines) is 1. The Morgan fingerprint density at radius 3 is 2.58 bits per heavy atom. The lowest BCUT2D eigenvalue weighted by Crippen LogP contribution is -2.43. The first-order chi connectivity index (χ1) is 12.8. The topological polar surface area (TPSA) is 53.6 Å². The molecule has 2 heterocycles. The highest BCUT2D eigenvalue weighted by molar-refractivity contribution is 7.10. The van der Waals surface area contributed by atoms with E-state index in [4.69, 9.17) is 4.74 Å². The third kappa shape index (κ3) is 6.04. The monoisotopic (exact) mass is 373 g/mol. The summed E-state index contributed by atoms with van der Waals surface area (Å²) >= 11 is 1.87. The van der Waals surface area contributed by atoms with Crippen LogP contribution in [0.1, 0.15) is 23.6 Å². The van der Waals surface area contributed by atoms with Gasteiger partial charge >= 0.3 is 6.03 Å². The van der Waals surface area contributed by atoms with E-state index < -0.39 is 0 Å². The van der Waals surface area contributed by atoms with Gasteiger partial charge in [-0.1, -0.05) is 24.3 Å². The van der Waals surface area contributed by atoms with E-state index in [1.807, 2.05) is 41.7 Å². The lowest BCUT2D eigenvalue weighted by atomic mass is 9.95. The van der Waals surface area contributed by atoms with Gasteiger partial charge in [0.2, 0.25) is 0 Å². The summed E-state index contributed by atoms with van der Waals surface area (Å²) in [4.78, 5) is 15.8. The number of nitrogens with zero attached hydrogens (tertiary/aromatic N) is 1. The molecule has 0 atom stereocenters. The number of para-hydroxylation sites is 1. The summed E-state index contributed by atoms with van der Waals surface area (Å²) in [6.07, 6.45) is 2.42. The van der Waals surface area contributed by atoms with Crippen molar-refractivity contribution in [2.45, 2.75) is 18.8 Å². The zero-order valence-corrected chi connectivity index (χ0v) is 15.8. The first-order valence-corrected chi connectivity index (χ1v) is 10.1. The number of carbonyl (C=O) groups is 1. The number of amides is 2. The Labute approximate surface area is 159 Å². The van der Waals surface area contributed by atoms with Crippen molar-refractivity contribution >= 4 is 17.4 Å². The SMILES string of the molecule is O=C(NCCOc1ccccc1)NCCN1CCC(c2cccs2)CC1. The molecule has 3 rings (SSSR count). The quantitative estimate of drug-likeness (QED) is 0.698. The molecule has 0 bridgehead atoms. The highest BCUT2D eigenvalue weighted by Crippen LogP contribution is 2.30. The molecule has 140 valence electrons. The van der Waals surface area contributed by atoms with Gasteiger partial charge < -0.3 is 20.3 Å². The first kappa shape index (κ1) is 18.7. The van der Waals surface area contributed by atoms with Gasteiger partial charge in [0.1, 0.15) is 12.4 Å². The molecule has 5 nitrogen and oxygen atoms in total. The van der Waals surface area contributed by atoms with Gasteiger partial charge in [-0.2, -0.15) is 0 Å². The number of ether oxygens (including phenoxy) is 1. The molecule has 2 amide bonds. The fraction of sp³-hybridized carbons (Fsp3) is 0.450. The van der Waals surface area contributed by atoms with E-state index in [0.717, 1.165) is 25.4 Å². The Balaban J connectivity index is 1.22. The van der Waals surface area contributed by atoms with E-state index in [2.05, 4.69) is 33.0 Å². The number of piperidine rings is 1. The van der Waals surface area contributed by atoms with Crippen LogP contribution in [-0.4, -0.2) is 50.3 Å². The first-order valence-electron chi connectivity index (χ1n) is 9.26. The van der Waals surface area contributed by atoms with Gasteiger partial charge in [0.05, 0.1) is 6.54 Å². The van der Waals surface area contributed by atoms with Crippen LogP contribution in [0.15, 0.2) is 47.8 Å². The standard InChI is InChI=1S/C20H27N3O2S/c24-20(22-11-15-25-18-5-2-1-3-6-18)21-10-14-23-12-8-17(9-13-23)19-7-4-16-26-19/h1-7,16-17H,8-15H2,(H2,21,22,24). The van der Waals surface area contributed by atoms with Gasteiger partial charge in [0.15, 0.2) is 0 Å². The molecule has 2 N–H and O–H groups in total. The summed E-state index contributed by atoms with van der Waals surface area (Å²) < 4.78 is 5.55. The molecule has 26 heavy (non-hydrogen) atoms. The molecular weight excluding hydrogens is 346 g/mol. The number of urea groups is 1. The molecule has 0 saturated carbocycles. The normalized spacial score (nSPS) is 15.5. The Bertz CT molecular complexity index is 640. The smallest absolute Gasteiger partial charge is 0.314 e. The summed E-state index contributed by atoms with van der Waals surface area (Å²) in [5.41, 5.74) is 0. The molecule has 2 aromatic rings. The van der Waals surface area contributed by atoms with Crippen LogP contribution in [0.3, 0.4) is 0 Å². The van der Waals surface area contributed by atoms with Crippen molar-refractivity contribution in [3.63, 3.8) is 0 Å². The molecule has 0 unspecified atom stereocenters. The van der Waals surface area contributed by atoms with Crippen LogP contribution in [0.4, 0.5) is 4.79 Å². The van der Waals surface area contributed by atoms with E-state index in [1.165, 1.54) is 17.7 Å². The van der Waals surface area contributed by atoms with Crippen LogP contribution in [0.2, 0.25) is 0 Å². The lowest BCUT2D eigenvalue weighted by Gasteiger charge is -2.31. The number of thiophene rings is 1. The van der Waals surface area contributed by atoms with Crippen LogP contribution < -0.4 is 15.4 Å². The molecule has 1 aromatic heterocycles. The van der Waals surface area contributed by atoms with Crippen LogP contribution >= 0.6 is 11.3 Å². The summed E-state index contributed by atoms with van der Waals surface area (Å²) in [6.45, 7) is 4.76. The number of carbonyl (C=O) groups excluding carboxylic acids is 1. The number of hydrogen-bond acceptors (Lipinski definition) is 4. The zero-order chi connectivity index (χ0) is 18.0. The van der Waals surface area contributed by atoms with E-state index in [1.54, 1.807) is 0 Å². The second kappa shape index (κ2) is 10.2. The van der Waals surface area contributed by atoms with Gasteiger partial charge in [-0.3, -0.25) is 0 Å². The van der Waals surface area contributed by atoms with Crippen LogP contribution in [-0.2, 0) is 0 Å². The Morgan fingerprint density at radius 1 is 1.08 bits per heavy atom. The third-order valence-corrected chi connectivity index (χ3v) is 5.68. The van der Waals surface area contributed by atoms with Gasteiger partial charge in [-0.15, -0.1) is 11.3 Å². The van der Waals surface area contributed by atoms with Crippen molar-refractivity contribution < 1.29 is 9.53 Å². The predicted octanol–water partition coefficient (Wildman–Crippen LogP) is 3.31. The average molecular weight is 374 g/mol. The molecule has 0 radical (unpaired) electrons. The number of rotatable bonds is 8. The summed E-state index contributed by atoms with van der Waals surface area (Å²) in [7, 11) is 0. The summed E-state index contributed by atoms with van der Waals surface area (Å²) in [5.74, 6) is 1.53. The molecule has 6 heteroatoms. The molecule has 1 aliphatic rings. The maximum atomic E-state index is 11.8. The molecule has 1 fully saturated rings. The minimum Gasteiger partial charge on any atom is -0.492 e. The van der Waals surface area contributed by atoms with Crippen molar-refractivity contribution in [2.75, 3.05) is 39.3 Å². The molecule has 1 aliphatic heterocycles. The van der Waals surface area contributed by atoms with Crippen molar-refractivity contribution in [3.05, 3.63) is 52.7 Å².